The zero-order valence-electron chi connectivity index (χ0n) is 19.0. The van der Waals surface area contributed by atoms with Crippen molar-refractivity contribution in [2.45, 2.75) is 44.8 Å². The second-order valence-corrected chi connectivity index (χ2v) is 9.09. The molecule has 1 fully saturated rings. The number of pyridine rings is 1. The molecule has 1 radical (unpaired) electrons. The summed E-state index contributed by atoms with van der Waals surface area (Å²) < 4.78 is 0. The minimum absolute atomic E-state index is 0. The van der Waals surface area contributed by atoms with Gasteiger partial charge in [-0.15, -0.1) is 5.56 Å². The summed E-state index contributed by atoms with van der Waals surface area (Å²) in [5.41, 5.74) is -2.70. The number of carbonyl (C=O) groups excluding carboxylic acids is 3. The average Bonchev–Trinajstić information content (AvgIpc) is 2.70. The van der Waals surface area contributed by atoms with E-state index in [1.54, 1.807) is 21.0 Å². The van der Waals surface area contributed by atoms with E-state index in [2.05, 4.69) is 11.2 Å². The van der Waals surface area contributed by atoms with Crippen LogP contribution in [0.3, 0.4) is 0 Å². The predicted octanol–water partition coefficient (Wildman–Crippen LogP) is 1.13. The van der Waals surface area contributed by atoms with Crippen molar-refractivity contribution in [3.63, 3.8) is 0 Å². The molecule has 1 aromatic heterocycles. The maximum atomic E-state index is 13.7. The van der Waals surface area contributed by atoms with E-state index in [9.17, 15) is 34.8 Å². The molecule has 0 spiro atoms. The Morgan fingerprint density at radius 3 is 2.36 bits per heavy atom. The van der Waals surface area contributed by atoms with Crippen molar-refractivity contribution in [2.24, 2.45) is 11.8 Å². The molecule has 0 bridgehead atoms. The predicted molar refractivity (Wildman–Crippen MR) is 112 cm³/mol. The van der Waals surface area contributed by atoms with Gasteiger partial charge >= 0.3 is 0 Å². The number of rotatable bonds is 2. The van der Waals surface area contributed by atoms with Crippen molar-refractivity contribution in [1.82, 2.24) is 9.88 Å². The monoisotopic (exact) mass is 530 g/mol. The first-order chi connectivity index (χ1) is 14.8. The molecule has 4 rings (SSSR count). The number of carbonyl (C=O) groups is 3. The van der Waals surface area contributed by atoms with Gasteiger partial charge in [0.1, 0.15) is 11.3 Å². The molecule has 4 N–H and O–H groups in total. The molecule has 1 aromatic rings. The van der Waals surface area contributed by atoms with Crippen LogP contribution in [0.15, 0.2) is 16.9 Å². The minimum Gasteiger partial charge on any atom is -0.531 e. The van der Waals surface area contributed by atoms with E-state index in [1.165, 1.54) is 11.8 Å². The van der Waals surface area contributed by atoms with Crippen molar-refractivity contribution in [1.29, 1.82) is 0 Å². The van der Waals surface area contributed by atoms with Crippen molar-refractivity contribution >= 4 is 23.1 Å². The van der Waals surface area contributed by atoms with Gasteiger partial charge in [0.15, 0.2) is 17.2 Å². The third kappa shape index (κ3) is 3.27. The molecule has 33 heavy (non-hydrogen) atoms. The number of ketones is 3. The van der Waals surface area contributed by atoms with Crippen LogP contribution < -0.4 is 0 Å². The fourth-order valence-electron chi connectivity index (χ4n) is 5.52. The number of nitrogens with zero attached hydrogens (tertiary/aromatic N) is 2. The van der Waals surface area contributed by atoms with Crippen molar-refractivity contribution < 1.29 is 67.5 Å². The largest absolute Gasteiger partial charge is 0.531 e. The number of aliphatic hydroxyl groups excluding tert-OH is 2. The summed E-state index contributed by atoms with van der Waals surface area (Å²) in [4.78, 5) is 44.5. The molecule has 0 saturated heterocycles. The van der Waals surface area contributed by atoms with Crippen molar-refractivity contribution in [2.75, 3.05) is 14.1 Å². The maximum Gasteiger partial charge on any atom is 0.201 e. The van der Waals surface area contributed by atoms with Gasteiger partial charge in [0.2, 0.25) is 5.78 Å². The van der Waals surface area contributed by atoms with E-state index in [0.29, 0.717) is 5.56 Å². The summed E-state index contributed by atoms with van der Waals surface area (Å²) >= 11 is 0. The molecule has 173 valence electrons. The molecular weight excluding hydrogens is 505 g/mol. The van der Waals surface area contributed by atoms with E-state index >= 15 is 0 Å². The Hall–Kier alpha value is -1.94. The number of fused-ring (bicyclic) bond motifs is 3. The number of hydrogen-bond acceptors (Lipinski definition) is 9. The number of hydrogen-bond donors (Lipinski definition) is 4. The summed E-state index contributed by atoms with van der Waals surface area (Å²) in [6, 6.07) is -1.04. The van der Waals surface area contributed by atoms with E-state index in [4.69, 9.17) is 0 Å². The summed E-state index contributed by atoms with van der Waals surface area (Å²) in [6.45, 7) is 4.39. The first-order valence-corrected chi connectivity index (χ1v) is 10.3. The van der Waals surface area contributed by atoms with Crippen LogP contribution in [0.5, 0.6) is 5.75 Å². The molecule has 0 aliphatic heterocycles. The Bertz CT molecular complexity index is 1160. The number of aliphatic hydroxyl groups is 3. The smallest absolute Gasteiger partial charge is 0.201 e. The van der Waals surface area contributed by atoms with E-state index in [1.807, 2.05) is 0 Å². The van der Waals surface area contributed by atoms with E-state index in [0.717, 1.165) is 6.92 Å². The van der Waals surface area contributed by atoms with Crippen LogP contribution in [0.2, 0.25) is 0 Å². The Morgan fingerprint density at radius 1 is 1.21 bits per heavy atom. The van der Waals surface area contributed by atoms with Gasteiger partial charge in [-0.3, -0.25) is 19.3 Å². The molecule has 3 aliphatic carbocycles. The molecule has 1 saturated carbocycles. The molecule has 0 amide bonds. The third-order valence-corrected chi connectivity index (χ3v) is 7.15. The molecule has 5 atom stereocenters. The standard InChI is InChI=1S/C23H25N2O7.Y/c1-8-11-6-13-17(25(4)5)20(29)14(10(3)26)21(30)23(13,32)22(31)16(11)19(28)15-12(8)7-24-9(2)18(15)27;/h8,11,13,17,27-28,30,32H,6H2,1-5H3;/q-1;/t8-,11-,13+,17+,23-;/m1./s1. The summed E-state index contributed by atoms with van der Waals surface area (Å²) in [5.74, 6) is -6.33. The topological polar surface area (TPSA) is 148 Å². The van der Waals surface area contributed by atoms with Gasteiger partial charge in [-0.2, -0.15) is 0 Å². The Labute approximate surface area is 216 Å². The average molecular weight is 530 g/mol. The van der Waals surface area contributed by atoms with Crippen LogP contribution in [0.25, 0.3) is 5.76 Å². The molecule has 3 aliphatic rings. The van der Waals surface area contributed by atoms with Crippen molar-refractivity contribution in [3.05, 3.63) is 39.9 Å². The first-order valence-electron chi connectivity index (χ1n) is 10.3. The van der Waals surface area contributed by atoms with Gasteiger partial charge in [0.25, 0.3) is 0 Å². The van der Waals surface area contributed by atoms with Gasteiger partial charge < -0.3 is 25.4 Å². The molecule has 9 nitrogen and oxygen atoms in total. The van der Waals surface area contributed by atoms with Crippen LogP contribution in [-0.2, 0) is 47.1 Å². The molecular formula is C23H25N2O7Y-. The number of aryl methyl sites for hydroxylation is 1. The van der Waals surface area contributed by atoms with Gasteiger partial charge in [0.05, 0.1) is 11.8 Å². The van der Waals surface area contributed by atoms with Gasteiger partial charge in [-0.05, 0) is 50.5 Å². The SMILES string of the molecule is CC(=O)C1=C(O)[C@@]2(O)C(=O)C3=C(O)c4c([c-]nc(C)c4O)[C@H](C)[C@H]3C[C@H]2[C@H](N(C)C)C1=O.[Y]. The molecule has 0 unspecified atom stereocenters. The Kier molecular flexibility index (Phi) is 6.52. The van der Waals surface area contributed by atoms with E-state index < -0.39 is 63.8 Å². The third-order valence-electron chi connectivity index (χ3n) is 7.15. The van der Waals surface area contributed by atoms with Crippen LogP contribution in [0.1, 0.15) is 43.0 Å². The van der Waals surface area contributed by atoms with Crippen LogP contribution in [0, 0.1) is 25.0 Å². The van der Waals surface area contributed by atoms with Crippen LogP contribution in [-0.4, -0.2) is 73.4 Å². The zero-order chi connectivity index (χ0) is 23.9. The number of Topliss-reactive ketones (excluding diaryl/α,β-unsaturated/α-hetero) is 3. The summed E-state index contributed by atoms with van der Waals surface area (Å²) in [7, 11) is 3.18. The fraction of sp³-hybridized carbons (Fsp3) is 0.478. The molecule has 1 heterocycles. The van der Waals surface area contributed by atoms with Gasteiger partial charge in [-0.1, -0.05) is 20.0 Å². The first kappa shape index (κ1) is 25.7. The normalized spacial score (nSPS) is 31.1. The molecule has 0 aromatic carbocycles. The van der Waals surface area contributed by atoms with Crippen LogP contribution >= 0.6 is 0 Å². The number of aromatic hydroxyl groups is 1. The quantitative estimate of drug-likeness (QED) is 0.326. The number of likely N-dealkylation sites (N-methyl/N-ethyl adjacent to an activating group) is 1. The Morgan fingerprint density at radius 2 is 1.82 bits per heavy atom. The van der Waals surface area contributed by atoms with E-state index in [-0.39, 0.29) is 61.7 Å². The minimum atomic E-state index is -2.57. The molecule has 10 heteroatoms. The summed E-state index contributed by atoms with van der Waals surface area (Å²) in [6.07, 6.45) is 2.89. The Balaban J connectivity index is 0.00000306. The fourth-order valence-corrected chi connectivity index (χ4v) is 5.52. The van der Waals surface area contributed by atoms with Gasteiger partial charge in [0, 0.05) is 49.9 Å². The second kappa shape index (κ2) is 8.38. The van der Waals surface area contributed by atoms with Crippen molar-refractivity contribution in [3.8, 4) is 5.75 Å². The zero-order valence-corrected chi connectivity index (χ0v) is 21.8. The van der Waals surface area contributed by atoms with Crippen LogP contribution in [0.4, 0.5) is 0 Å². The second-order valence-electron chi connectivity index (χ2n) is 9.09. The summed E-state index contributed by atoms with van der Waals surface area (Å²) in [5, 5.41) is 44.0. The maximum absolute atomic E-state index is 13.7. The van der Waals surface area contributed by atoms with Gasteiger partial charge in [-0.25, -0.2) is 0 Å². The number of aromatic nitrogens is 1.